The molecule has 0 bridgehead atoms. The van der Waals surface area contributed by atoms with Crippen LogP contribution in [0.1, 0.15) is 46.0 Å². The fourth-order valence-corrected chi connectivity index (χ4v) is 2.61. The largest absolute Gasteiger partial charge is 0.379 e. The third-order valence-electron chi connectivity index (χ3n) is 3.29. The maximum atomic E-state index is 6.16. The number of ether oxygens (including phenoxy) is 1. The average Bonchev–Trinajstić information content (AvgIpc) is 2.19. The number of rotatable bonds is 4. The van der Waals surface area contributed by atoms with E-state index in [1.54, 1.807) is 7.11 Å². The van der Waals surface area contributed by atoms with Gasteiger partial charge in [0, 0.05) is 13.2 Å². The molecule has 0 radical (unpaired) electrons. The van der Waals surface area contributed by atoms with Gasteiger partial charge in [0.15, 0.2) is 0 Å². The monoisotopic (exact) mass is 211 g/mol. The van der Waals surface area contributed by atoms with Gasteiger partial charge in [-0.1, -0.05) is 30.9 Å². The summed E-state index contributed by atoms with van der Waals surface area (Å²) in [5.74, 6) is 0.661. The van der Waals surface area contributed by atoms with E-state index in [-0.39, 0.29) is 12.1 Å². The lowest BCUT2D eigenvalue weighted by Gasteiger charge is -2.32. The van der Waals surface area contributed by atoms with Gasteiger partial charge in [-0.15, -0.1) is 0 Å². The van der Waals surface area contributed by atoms with Crippen LogP contribution < -0.4 is 5.73 Å². The molecule has 0 heterocycles. The minimum Gasteiger partial charge on any atom is -0.379 e. The molecule has 88 valence electrons. The molecule has 0 saturated heterocycles. The summed E-state index contributed by atoms with van der Waals surface area (Å²) in [5.41, 5.74) is 7.44. The van der Waals surface area contributed by atoms with Crippen molar-refractivity contribution in [1.29, 1.82) is 0 Å². The first-order valence-electron chi connectivity index (χ1n) is 6.08. The maximum absolute atomic E-state index is 6.16. The SMILES string of the molecule is COC(C(N)C=C(C)C)C1CCCCC1. The van der Waals surface area contributed by atoms with Crippen LogP contribution >= 0.6 is 0 Å². The minimum atomic E-state index is 0.0584. The van der Waals surface area contributed by atoms with Gasteiger partial charge in [-0.05, 0) is 32.6 Å². The van der Waals surface area contributed by atoms with Crippen molar-refractivity contribution >= 4 is 0 Å². The van der Waals surface area contributed by atoms with E-state index in [0.717, 1.165) is 0 Å². The van der Waals surface area contributed by atoms with Crippen LogP contribution in [0.4, 0.5) is 0 Å². The Morgan fingerprint density at radius 1 is 1.27 bits per heavy atom. The van der Waals surface area contributed by atoms with Gasteiger partial charge in [-0.3, -0.25) is 0 Å². The summed E-state index contributed by atoms with van der Waals surface area (Å²) in [5, 5.41) is 0. The Labute approximate surface area is 93.9 Å². The predicted octanol–water partition coefficient (Wildman–Crippen LogP) is 2.88. The summed E-state index contributed by atoms with van der Waals surface area (Å²) in [4.78, 5) is 0. The Morgan fingerprint density at radius 2 is 1.87 bits per heavy atom. The van der Waals surface area contributed by atoms with E-state index in [1.807, 2.05) is 0 Å². The van der Waals surface area contributed by atoms with Crippen LogP contribution in [0.2, 0.25) is 0 Å². The summed E-state index contributed by atoms with van der Waals surface area (Å²) in [6, 6.07) is 0.0584. The second kappa shape index (κ2) is 6.29. The minimum absolute atomic E-state index is 0.0584. The number of allylic oxidation sites excluding steroid dienone is 1. The molecule has 1 aliphatic carbocycles. The quantitative estimate of drug-likeness (QED) is 0.726. The highest BCUT2D eigenvalue weighted by Gasteiger charge is 2.27. The number of hydrogen-bond donors (Lipinski definition) is 1. The standard InChI is InChI=1S/C13H25NO/c1-10(2)9-12(14)13(15-3)11-7-5-4-6-8-11/h9,11-13H,4-8,14H2,1-3H3. The van der Waals surface area contributed by atoms with Crippen LogP contribution in [0.3, 0.4) is 0 Å². The molecule has 2 atom stereocenters. The van der Waals surface area contributed by atoms with Crippen molar-refractivity contribution in [2.24, 2.45) is 11.7 Å². The van der Waals surface area contributed by atoms with Crippen molar-refractivity contribution in [3.8, 4) is 0 Å². The lowest BCUT2D eigenvalue weighted by Crippen LogP contribution is -2.41. The van der Waals surface area contributed by atoms with Gasteiger partial charge in [-0.25, -0.2) is 0 Å². The fourth-order valence-electron chi connectivity index (χ4n) is 2.61. The summed E-state index contributed by atoms with van der Waals surface area (Å²) in [6.07, 6.45) is 8.96. The van der Waals surface area contributed by atoms with Crippen molar-refractivity contribution in [2.45, 2.75) is 58.1 Å². The van der Waals surface area contributed by atoms with E-state index >= 15 is 0 Å². The van der Waals surface area contributed by atoms with Crippen molar-refractivity contribution in [1.82, 2.24) is 0 Å². The van der Waals surface area contributed by atoms with E-state index in [1.165, 1.54) is 37.7 Å². The van der Waals surface area contributed by atoms with Crippen LogP contribution in [-0.2, 0) is 4.74 Å². The molecule has 0 aromatic heterocycles. The summed E-state index contributed by atoms with van der Waals surface area (Å²) in [7, 11) is 1.79. The van der Waals surface area contributed by atoms with Crippen LogP contribution in [0.15, 0.2) is 11.6 Å². The van der Waals surface area contributed by atoms with Crippen LogP contribution in [-0.4, -0.2) is 19.3 Å². The first kappa shape index (κ1) is 12.7. The molecule has 0 spiro atoms. The Morgan fingerprint density at radius 3 is 2.33 bits per heavy atom. The van der Waals surface area contributed by atoms with Crippen LogP contribution in [0.25, 0.3) is 0 Å². The smallest absolute Gasteiger partial charge is 0.0786 e. The number of nitrogens with two attached hydrogens (primary N) is 1. The maximum Gasteiger partial charge on any atom is 0.0786 e. The van der Waals surface area contributed by atoms with Crippen molar-refractivity contribution in [3.63, 3.8) is 0 Å². The van der Waals surface area contributed by atoms with Crippen molar-refractivity contribution in [3.05, 3.63) is 11.6 Å². The van der Waals surface area contributed by atoms with Crippen LogP contribution in [0, 0.1) is 5.92 Å². The third-order valence-corrected chi connectivity index (χ3v) is 3.29. The van der Waals surface area contributed by atoms with E-state index in [4.69, 9.17) is 10.5 Å². The Hall–Kier alpha value is -0.340. The van der Waals surface area contributed by atoms with Gasteiger partial charge in [0.05, 0.1) is 6.10 Å². The Bertz CT molecular complexity index is 203. The average molecular weight is 211 g/mol. The zero-order valence-electron chi connectivity index (χ0n) is 10.3. The number of methoxy groups -OCH3 is 1. The van der Waals surface area contributed by atoms with Crippen molar-refractivity contribution < 1.29 is 4.74 Å². The molecule has 0 aliphatic heterocycles. The highest BCUT2D eigenvalue weighted by molar-refractivity contribution is 5.04. The molecule has 15 heavy (non-hydrogen) atoms. The van der Waals surface area contributed by atoms with E-state index in [2.05, 4.69) is 19.9 Å². The molecule has 2 nitrogen and oxygen atoms in total. The van der Waals surface area contributed by atoms with E-state index in [9.17, 15) is 0 Å². The molecule has 0 amide bonds. The molecule has 1 saturated carbocycles. The topological polar surface area (TPSA) is 35.2 Å². The molecule has 2 heteroatoms. The molecule has 0 aromatic rings. The summed E-state index contributed by atoms with van der Waals surface area (Å²) in [6.45, 7) is 4.18. The van der Waals surface area contributed by atoms with Gasteiger partial charge in [0.25, 0.3) is 0 Å². The van der Waals surface area contributed by atoms with Gasteiger partial charge in [-0.2, -0.15) is 0 Å². The fraction of sp³-hybridized carbons (Fsp3) is 0.846. The van der Waals surface area contributed by atoms with Gasteiger partial charge < -0.3 is 10.5 Å². The second-order valence-electron chi connectivity index (χ2n) is 4.92. The highest BCUT2D eigenvalue weighted by Crippen LogP contribution is 2.29. The zero-order valence-corrected chi connectivity index (χ0v) is 10.3. The van der Waals surface area contributed by atoms with E-state index in [0.29, 0.717) is 5.92 Å². The first-order valence-corrected chi connectivity index (χ1v) is 6.08. The molecular weight excluding hydrogens is 186 g/mol. The third kappa shape index (κ3) is 3.96. The first-order chi connectivity index (χ1) is 7.15. The van der Waals surface area contributed by atoms with E-state index < -0.39 is 0 Å². The summed E-state index contributed by atoms with van der Waals surface area (Å²) >= 11 is 0. The van der Waals surface area contributed by atoms with Gasteiger partial charge in [0.1, 0.15) is 0 Å². The lowest BCUT2D eigenvalue weighted by atomic mass is 9.82. The lowest BCUT2D eigenvalue weighted by molar-refractivity contribution is 0.0278. The summed E-state index contributed by atoms with van der Waals surface area (Å²) < 4.78 is 5.58. The molecule has 1 fully saturated rings. The molecule has 2 unspecified atom stereocenters. The zero-order chi connectivity index (χ0) is 11.3. The normalized spacial score (nSPS) is 22.1. The van der Waals surface area contributed by atoms with Gasteiger partial charge >= 0.3 is 0 Å². The molecular formula is C13H25NO. The molecule has 1 aliphatic rings. The molecule has 1 rings (SSSR count). The molecule has 2 N–H and O–H groups in total. The highest BCUT2D eigenvalue weighted by atomic mass is 16.5. The Kier molecular flexibility index (Phi) is 5.34. The second-order valence-corrected chi connectivity index (χ2v) is 4.92. The van der Waals surface area contributed by atoms with Crippen LogP contribution in [0.5, 0.6) is 0 Å². The van der Waals surface area contributed by atoms with Crippen molar-refractivity contribution in [2.75, 3.05) is 7.11 Å². The molecule has 0 aromatic carbocycles. The van der Waals surface area contributed by atoms with Gasteiger partial charge in [0.2, 0.25) is 0 Å². The Balaban J connectivity index is 2.56. The number of hydrogen-bond acceptors (Lipinski definition) is 2. The predicted molar refractivity (Wildman–Crippen MR) is 64.8 cm³/mol.